The maximum atomic E-state index is 10.4. The Bertz CT molecular complexity index is 414. The van der Waals surface area contributed by atoms with Crippen molar-refractivity contribution >= 4 is 17.4 Å². The normalized spacial score (nSPS) is 45.6. The third-order valence-electron chi connectivity index (χ3n) is 7.13. The standard InChI is InChI=1S/C16H31O3Si2/c1-20(2)19-21(3,4)16-13(10-17)5-6-14(16)12-7-8-15(16,9-12)11-18/h12-14,17-18H,5-11H2,1-4H3. The Kier molecular flexibility index (Phi) is 3.98. The highest BCUT2D eigenvalue weighted by Gasteiger charge is 2.76. The van der Waals surface area contributed by atoms with E-state index in [1.165, 1.54) is 19.3 Å². The van der Waals surface area contributed by atoms with E-state index in [0.29, 0.717) is 18.4 Å². The molecule has 0 aromatic heterocycles. The Morgan fingerprint density at radius 1 is 1.19 bits per heavy atom. The predicted octanol–water partition coefficient (Wildman–Crippen LogP) is 3.01. The van der Waals surface area contributed by atoms with Gasteiger partial charge in [0.2, 0.25) is 0 Å². The Balaban J connectivity index is 2.11. The summed E-state index contributed by atoms with van der Waals surface area (Å²) in [4.78, 5) is 0. The number of hydrogen-bond donors (Lipinski definition) is 2. The van der Waals surface area contributed by atoms with Crippen LogP contribution in [0.4, 0.5) is 0 Å². The average molecular weight is 328 g/mol. The van der Waals surface area contributed by atoms with Crippen LogP contribution in [0.5, 0.6) is 0 Å². The summed E-state index contributed by atoms with van der Waals surface area (Å²) in [5.41, 5.74) is 0.0409. The molecule has 121 valence electrons. The molecule has 21 heavy (non-hydrogen) atoms. The van der Waals surface area contributed by atoms with Gasteiger partial charge in [0, 0.05) is 18.3 Å². The van der Waals surface area contributed by atoms with Gasteiger partial charge in [-0.25, -0.2) is 0 Å². The van der Waals surface area contributed by atoms with Gasteiger partial charge >= 0.3 is 0 Å². The molecule has 3 nitrogen and oxygen atoms in total. The second-order valence-corrected chi connectivity index (χ2v) is 14.9. The lowest BCUT2D eigenvalue weighted by Gasteiger charge is -2.58. The lowest BCUT2D eigenvalue weighted by atomic mass is 9.67. The van der Waals surface area contributed by atoms with Crippen LogP contribution in [0.2, 0.25) is 31.2 Å². The second-order valence-electron chi connectivity index (χ2n) is 8.39. The van der Waals surface area contributed by atoms with Crippen LogP contribution in [0.25, 0.3) is 0 Å². The molecular formula is C16H31O3Si2. The number of hydrogen-bond acceptors (Lipinski definition) is 3. The van der Waals surface area contributed by atoms with Crippen LogP contribution in [-0.2, 0) is 4.12 Å². The van der Waals surface area contributed by atoms with Gasteiger partial charge in [-0.3, -0.25) is 0 Å². The molecule has 5 unspecified atom stereocenters. The molecule has 0 amide bonds. The van der Waals surface area contributed by atoms with Crippen molar-refractivity contribution in [1.82, 2.24) is 0 Å². The molecule has 0 saturated heterocycles. The highest BCUT2D eigenvalue weighted by atomic mass is 28.4. The van der Waals surface area contributed by atoms with Gasteiger partial charge in [0.1, 0.15) is 0 Å². The predicted molar refractivity (Wildman–Crippen MR) is 88.9 cm³/mol. The maximum absolute atomic E-state index is 10.4. The monoisotopic (exact) mass is 327 g/mol. The molecule has 0 aromatic rings. The third kappa shape index (κ3) is 1.87. The van der Waals surface area contributed by atoms with Crippen molar-refractivity contribution in [1.29, 1.82) is 0 Å². The Morgan fingerprint density at radius 2 is 1.90 bits per heavy atom. The Morgan fingerprint density at radius 3 is 2.48 bits per heavy atom. The van der Waals surface area contributed by atoms with Crippen LogP contribution >= 0.6 is 0 Å². The number of rotatable bonds is 5. The molecular weight excluding hydrogens is 296 g/mol. The van der Waals surface area contributed by atoms with Crippen molar-refractivity contribution in [2.45, 2.75) is 63.3 Å². The van der Waals surface area contributed by atoms with E-state index in [4.69, 9.17) is 4.12 Å². The van der Waals surface area contributed by atoms with Crippen LogP contribution in [0.15, 0.2) is 0 Å². The average Bonchev–Trinajstić information content (AvgIpc) is 3.06. The molecule has 3 rings (SSSR count). The Hall–Kier alpha value is 0.314. The van der Waals surface area contributed by atoms with Gasteiger partial charge < -0.3 is 14.3 Å². The summed E-state index contributed by atoms with van der Waals surface area (Å²) in [5.74, 6) is 1.81. The lowest BCUT2D eigenvalue weighted by Crippen LogP contribution is -2.60. The molecule has 1 radical (unpaired) electrons. The molecule has 0 heterocycles. The third-order valence-corrected chi connectivity index (χ3v) is 14.1. The topological polar surface area (TPSA) is 49.7 Å². The largest absolute Gasteiger partial charge is 0.455 e. The summed E-state index contributed by atoms with van der Waals surface area (Å²) >= 11 is 0. The first-order valence-electron chi connectivity index (χ1n) is 8.55. The van der Waals surface area contributed by atoms with E-state index in [9.17, 15) is 10.2 Å². The summed E-state index contributed by atoms with van der Waals surface area (Å²) in [6.07, 6.45) is 5.99. The molecule has 3 aliphatic carbocycles. The lowest BCUT2D eigenvalue weighted by molar-refractivity contribution is 0.0268. The van der Waals surface area contributed by atoms with Crippen molar-refractivity contribution in [2.24, 2.45) is 23.2 Å². The van der Waals surface area contributed by atoms with Crippen LogP contribution in [0.1, 0.15) is 32.1 Å². The first-order valence-corrected chi connectivity index (χ1v) is 13.9. The summed E-state index contributed by atoms with van der Waals surface area (Å²) in [7, 11) is -2.74. The van der Waals surface area contributed by atoms with Crippen LogP contribution in [-0.4, -0.2) is 40.8 Å². The van der Waals surface area contributed by atoms with E-state index in [0.717, 1.165) is 18.8 Å². The summed E-state index contributed by atoms with van der Waals surface area (Å²) in [6.45, 7) is 9.79. The highest BCUT2D eigenvalue weighted by molar-refractivity contribution is 6.80. The van der Waals surface area contributed by atoms with E-state index < -0.39 is 17.4 Å². The molecule has 2 N–H and O–H groups in total. The van der Waals surface area contributed by atoms with E-state index in [2.05, 4.69) is 26.2 Å². The summed E-state index contributed by atoms with van der Waals surface area (Å²) in [6, 6.07) is 0. The van der Waals surface area contributed by atoms with Crippen molar-refractivity contribution in [3.63, 3.8) is 0 Å². The van der Waals surface area contributed by atoms with E-state index in [1.807, 2.05) is 0 Å². The zero-order valence-electron chi connectivity index (χ0n) is 14.0. The Labute approximate surface area is 132 Å². The number of aliphatic hydroxyl groups excluding tert-OH is 2. The molecule has 0 aromatic carbocycles. The van der Waals surface area contributed by atoms with Gasteiger partial charge in [0.25, 0.3) is 0 Å². The fourth-order valence-electron chi connectivity index (χ4n) is 7.14. The molecule has 5 atom stereocenters. The molecule has 3 saturated carbocycles. The molecule has 3 aliphatic rings. The minimum atomic E-state index is -1.99. The number of aliphatic hydroxyl groups is 2. The van der Waals surface area contributed by atoms with E-state index in [-0.39, 0.29) is 17.1 Å². The minimum Gasteiger partial charge on any atom is -0.455 e. The second kappa shape index (κ2) is 5.16. The van der Waals surface area contributed by atoms with Crippen LogP contribution < -0.4 is 0 Å². The smallest absolute Gasteiger partial charge is 0.191 e. The zero-order chi connectivity index (χ0) is 15.5. The summed E-state index contributed by atoms with van der Waals surface area (Å²) in [5, 5.41) is 20.6. The fraction of sp³-hybridized carbons (Fsp3) is 1.00. The quantitative estimate of drug-likeness (QED) is 0.763. The van der Waals surface area contributed by atoms with Gasteiger partial charge in [0.05, 0.1) is 0 Å². The van der Waals surface area contributed by atoms with Gasteiger partial charge in [-0.15, -0.1) is 0 Å². The van der Waals surface area contributed by atoms with Gasteiger partial charge in [-0.2, -0.15) is 0 Å². The van der Waals surface area contributed by atoms with Crippen LogP contribution in [0.3, 0.4) is 0 Å². The van der Waals surface area contributed by atoms with Gasteiger partial charge in [-0.1, -0.05) is 0 Å². The molecule has 0 spiro atoms. The maximum Gasteiger partial charge on any atom is 0.191 e. The van der Waals surface area contributed by atoms with Crippen molar-refractivity contribution in [2.75, 3.05) is 13.2 Å². The zero-order valence-corrected chi connectivity index (χ0v) is 16.0. The molecule has 2 bridgehead atoms. The first kappa shape index (κ1) is 16.2. The molecule has 0 aliphatic heterocycles. The minimum absolute atomic E-state index is 0.0409. The number of fused-ring (bicyclic) bond motifs is 5. The van der Waals surface area contributed by atoms with Crippen molar-refractivity contribution < 1.29 is 14.3 Å². The van der Waals surface area contributed by atoms with Crippen molar-refractivity contribution in [3.05, 3.63) is 0 Å². The molecule has 5 heteroatoms. The first-order chi connectivity index (χ1) is 9.84. The molecule has 3 fully saturated rings. The van der Waals surface area contributed by atoms with Gasteiger partial charge in [-0.05, 0) is 81.5 Å². The van der Waals surface area contributed by atoms with Gasteiger partial charge in [0.15, 0.2) is 17.4 Å². The SMILES string of the molecule is C[Si](C)O[Si](C)(C)C12C(CO)CCC1C1CCC2(CO)C1. The summed E-state index contributed by atoms with van der Waals surface area (Å²) < 4.78 is 6.66. The fourth-order valence-corrected chi connectivity index (χ4v) is 16.0. The van der Waals surface area contributed by atoms with E-state index >= 15 is 0 Å². The highest BCUT2D eigenvalue weighted by Crippen LogP contribution is 2.81. The van der Waals surface area contributed by atoms with Crippen LogP contribution in [0, 0.1) is 23.2 Å². The van der Waals surface area contributed by atoms with E-state index in [1.54, 1.807) is 0 Å². The van der Waals surface area contributed by atoms with Crippen molar-refractivity contribution in [3.8, 4) is 0 Å².